The van der Waals surface area contributed by atoms with Crippen LogP contribution in [0.25, 0.3) is 11.2 Å². The molecule has 8 heteroatoms. The van der Waals surface area contributed by atoms with Crippen molar-refractivity contribution >= 4 is 22.9 Å². The molecule has 0 aromatic carbocycles. The highest BCUT2D eigenvalue weighted by molar-refractivity contribution is 5.99. The van der Waals surface area contributed by atoms with Crippen LogP contribution in [0.1, 0.15) is 70.9 Å². The number of carbonyl (C=O) groups excluding carboxylic acids is 2. The Morgan fingerprint density at radius 3 is 2.24 bits per heavy atom. The third kappa shape index (κ3) is 5.52. The fraction of sp³-hybridized carbons (Fsp3) is 0.667. The Hall–Kier alpha value is -2.51. The van der Waals surface area contributed by atoms with Gasteiger partial charge in [-0.15, -0.1) is 10.2 Å². The van der Waals surface area contributed by atoms with E-state index in [1.54, 1.807) is 10.6 Å². The van der Waals surface area contributed by atoms with Crippen LogP contribution in [0, 0.1) is 5.41 Å². The first-order valence-electron chi connectivity index (χ1n) is 10.3. The highest BCUT2D eigenvalue weighted by Crippen LogP contribution is 2.25. The molecule has 29 heavy (non-hydrogen) atoms. The van der Waals surface area contributed by atoms with Crippen LogP contribution >= 0.6 is 0 Å². The van der Waals surface area contributed by atoms with Crippen molar-refractivity contribution < 1.29 is 14.3 Å². The van der Waals surface area contributed by atoms with Crippen molar-refractivity contribution in [2.24, 2.45) is 5.41 Å². The molecule has 0 aliphatic carbocycles. The number of aromatic nitrogens is 4. The summed E-state index contributed by atoms with van der Waals surface area (Å²) in [5.74, 6) is 0.380. The fourth-order valence-corrected chi connectivity index (χ4v) is 2.97. The maximum Gasteiger partial charge on any atom is 0.242 e. The van der Waals surface area contributed by atoms with Crippen LogP contribution in [0.3, 0.4) is 0 Å². The molecule has 0 unspecified atom stereocenters. The summed E-state index contributed by atoms with van der Waals surface area (Å²) in [5, 5.41) is 8.01. The van der Waals surface area contributed by atoms with E-state index in [9.17, 15) is 9.59 Å². The maximum absolute atomic E-state index is 13.1. The van der Waals surface area contributed by atoms with E-state index in [-0.39, 0.29) is 24.1 Å². The lowest BCUT2D eigenvalue weighted by Crippen LogP contribution is -2.36. The van der Waals surface area contributed by atoms with Gasteiger partial charge in [-0.25, -0.2) is 4.98 Å². The van der Waals surface area contributed by atoms with E-state index in [1.807, 2.05) is 25.7 Å². The SMILES string of the molecule is CCCCN(CCCC)C(=O)Cn1c(C(=O)C(C)(C)C)nc2nnc(OC)cc21. The molecular formula is C21H33N5O3. The predicted octanol–water partition coefficient (Wildman–Crippen LogP) is 3.49. The van der Waals surface area contributed by atoms with Crippen molar-refractivity contribution in [1.82, 2.24) is 24.6 Å². The van der Waals surface area contributed by atoms with Gasteiger partial charge in [0.1, 0.15) is 6.54 Å². The van der Waals surface area contributed by atoms with Gasteiger partial charge in [-0.3, -0.25) is 9.59 Å². The van der Waals surface area contributed by atoms with Gasteiger partial charge in [0.15, 0.2) is 5.82 Å². The Balaban J connectivity index is 2.47. The molecule has 0 spiro atoms. The van der Waals surface area contributed by atoms with Crippen molar-refractivity contribution in [2.75, 3.05) is 20.2 Å². The zero-order valence-electron chi connectivity index (χ0n) is 18.5. The molecule has 0 saturated heterocycles. The quantitative estimate of drug-likeness (QED) is 0.564. The summed E-state index contributed by atoms with van der Waals surface area (Å²) in [6.07, 6.45) is 3.94. The van der Waals surface area contributed by atoms with Crippen molar-refractivity contribution in [1.29, 1.82) is 0 Å². The molecule has 0 bridgehead atoms. The molecule has 0 aliphatic rings. The first-order chi connectivity index (χ1) is 13.7. The van der Waals surface area contributed by atoms with Gasteiger partial charge < -0.3 is 14.2 Å². The van der Waals surface area contributed by atoms with Crippen molar-refractivity contribution in [3.8, 4) is 5.88 Å². The van der Waals surface area contributed by atoms with E-state index < -0.39 is 5.41 Å². The Labute approximate surface area is 172 Å². The van der Waals surface area contributed by atoms with Crippen LogP contribution in [0.4, 0.5) is 0 Å². The highest BCUT2D eigenvalue weighted by atomic mass is 16.5. The van der Waals surface area contributed by atoms with Gasteiger partial charge in [0.2, 0.25) is 23.2 Å². The largest absolute Gasteiger partial charge is 0.480 e. The predicted molar refractivity (Wildman–Crippen MR) is 112 cm³/mol. The first-order valence-corrected chi connectivity index (χ1v) is 10.3. The minimum Gasteiger partial charge on any atom is -0.480 e. The topological polar surface area (TPSA) is 90.2 Å². The Bertz CT molecular complexity index is 846. The van der Waals surface area contributed by atoms with E-state index in [0.717, 1.165) is 25.7 Å². The van der Waals surface area contributed by atoms with Gasteiger partial charge in [0.25, 0.3) is 0 Å². The fourth-order valence-electron chi connectivity index (χ4n) is 2.97. The number of carbonyl (C=O) groups is 2. The summed E-state index contributed by atoms with van der Waals surface area (Å²) >= 11 is 0. The number of unbranched alkanes of at least 4 members (excludes halogenated alkanes) is 2. The molecule has 1 amide bonds. The maximum atomic E-state index is 13.1. The Morgan fingerprint density at radius 1 is 1.10 bits per heavy atom. The molecule has 0 fully saturated rings. The van der Waals surface area contributed by atoms with E-state index >= 15 is 0 Å². The monoisotopic (exact) mass is 403 g/mol. The molecule has 2 aromatic rings. The molecule has 8 nitrogen and oxygen atoms in total. The van der Waals surface area contributed by atoms with Gasteiger partial charge >= 0.3 is 0 Å². The normalized spacial score (nSPS) is 11.7. The standard InChI is InChI=1S/C21H33N5O3/c1-7-9-11-25(12-10-8-2)17(27)14-26-15-13-16(29-6)23-24-19(15)22-20(26)18(28)21(3,4)5/h13H,7-12,14H2,1-6H3. The number of methoxy groups -OCH3 is 1. The molecule has 0 aliphatic heterocycles. The van der Waals surface area contributed by atoms with Gasteiger partial charge in [-0.2, -0.15) is 0 Å². The zero-order valence-corrected chi connectivity index (χ0v) is 18.5. The average molecular weight is 404 g/mol. The zero-order chi connectivity index (χ0) is 21.6. The lowest BCUT2D eigenvalue weighted by molar-refractivity contribution is -0.132. The molecule has 2 rings (SSSR count). The summed E-state index contributed by atoms with van der Waals surface area (Å²) in [6, 6.07) is 1.67. The van der Waals surface area contributed by atoms with Crippen LogP contribution in [-0.2, 0) is 11.3 Å². The molecule has 2 aromatic heterocycles. The Morgan fingerprint density at radius 2 is 1.72 bits per heavy atom. The second-order valence-corrected chi connectivity index (χ2v) is 8.28. The summed E-state index contributed by atoms with van der Waals surface area (Å²) in [5.41, 5.74) is 0.271. The first kappa shape index (κ1) is 22.8. The minimum absolute atomic E-state index is 0.0232. The highest BCUT2D eigenvalue weighted by Gasteiger charge is 2.30. The number of nitrogens with zero attached hydrogens (tertiary/aromatic N) is 5. The number of ether oxygens (including phenoxy) is 1. The van der Waals surface area contributed by atoms with E-state index in [2.05, 4.69) is 29.0 Å². The number of rotatable bonds is 10. The average Bonchev–Trinajstić information content (AvgIpc) is 3.03. The second kappa shape index (κ2) is 9.80. The lowest BCUT2D eigenvalue weighted by Gasteiger charge is -2.24. The number of fused-ring (bicyclic) bond motifs is 1. The lowest BCUT2D eigenvalue weighted by atomic mass is 9.90. The van der Waals surface area contributed by atoms with Gasteiger partial charge in [0.05, 0.1) is 12.6 Å². The molecule has 0 N–H and O–H groups in total. The van der Waals surface area contributed by atoms with Crippen LogP contribution < -0.4 is 4.74 Å². The van der Waals surface area contributed by atoms with Crippen LogP contribution in [-0.4, -0.2) is 56.5 Å². The number of Topliss-reactive ketones (excluding diaryl/α,β-unsaturated/α-hetero) is 1. The van der Waals surface area contributed by atoms with Crippen molar-refractivity contribution in [3.05, 3.63) is 11.9 Å². The molecular weight excluding hydrogens is 370 g/mol. The van der Waals surface area contributed by atoms with Crippen molar-refractivity contribution in [2.45, 2.75) is 66.8 Å². The number of hydrogen-bond donors (Lipinski definition) is 0. The van der Waals surface area contributed by atoms with Gasteiger partial charge in [-0.05, 0) is 12.8 Å². The van der Waals surface area contributed by atoms with Crippen LogP contribution in [0.15, 0.2) is 6.07 Å². The number of imidazole rings is 1. The summed E-state index contributed by atoms with van der Waals surface area (Å²) in [7, 11) is 1.50. The molecule has 0 radical (unpaired) electrons. The third-order valence-corrected chi connectivity index (χ3v) is 4.79. The summed E-state index contributed by atoms with van der Waals surface area (Å²) in [4.78, 5) is 32.5. The van der Waals surface area contributed by atoms with Crippen LogP contribution in [0.5, 0.6) is 5.88 Å². The van der Waals surface area contributed by atoms with E-state index in [1.165, 1.54) is 7.11 Å². The van der Waals surface area contributed by atoms with Crippen LogP contribution in [0.2, 0.25) is 0 Å². The van der Waals surface area contributed by atoms with Gasteiger partial charge in [0, 0.05) is 24.6 Å². The number of amides is 1. The molecule has 0 saturated carbocycles. The van der Waals surface area contributed by atoms with Gasteiger partial charge in [-0.1, -0.05) is 47.5 Å². The van der Waals surface area contributed by atoms with Crippen molar-refractivity contribution in [3.63, 3.8) is 0 Å². The molecule has 2 heterocycles. The molecule has 0 atom stereocenters. The minimum atomic E-state index is -0.635. The third-order valence-electron chi connectivity index (χ3n) is 4.79. The second-order valence-electron chi connectivity index (χ2n) is 8.28. The summed E-state index contributed by atoms with van der Waals surface area (Å²) < 4.78 is 6.84. The number of ketones is 1. The Kier molecular flexibility index (Phi) is 7.70. The smallest absolute Gasteiger partial charge is 0.242 e. The molecule has 160 valence electrons. The number of hydrogen-bond acceptors (Lipinski definition) is 6. The van der Waals surface area contributed by atoms with E-state index in [0.29, 0.717) is 30.1 Å². The van der Waals surface area contributed by atoms with E-state index in [4.69, 9.17) is 4.74 Å². The summed E-state index contributed by atoms with van der Waals surface area (Å²) in [6.45, 7) is 11.2.